The Balaban J connectivity index is 1.54. The largest absolute Gasteiger partial charge is 0.393 e. The number of aliphatic hydroxyl groups excluding tert-OH is 1. The maximum absolute atomic E-state index is 13.5. The van der Waals surface area contributed by atoms with Crippen LogP contribution in [0.3, 0.4) is 0 Å². The smallest absolute Gasteiger partial charge is 0.253 e. The highest BCUT2D eigenvalue weighted by atomic mass is 16.3. The van der Waals surface area contributed by atoms with Crippen LogP contribution in [0.1, 0.15) is 69.7 Å². The maximum atomic E-state index is 13.5. The summed E-state index contributed by atoms with van der Waals surface area (Å²) in [4.78, 5) is 28.3. The van der Waals surface area contributed by atoms with Gasteiger partial charge in [-0.3, -0.25) is 9.59 Å². The SMILES string of the molecule is CC1(C)C2=C(C(=O)c3ccc(C(=O)N4CCC(O)CC4)cc31)c1ccc(C#N)cc1C2. The van der Waals surface area contributed by atoms with Gasteiger partial charge in [0, 0.05) is 35.2 Å². The van der Waals surface area contributed by atoms with E-state index in [1.54, 1.807) is 23.1 Å². The van der Waals surface area contributed by atoms with Crippen molar-refractivity contribution in [1.29, 1.82) is 5.26 Å². The van der Waals surface area contributed by atoms with Gasteiger partial charge in [-0.15, -0.1) is 0 Å². The molecule has 1 heterocycles. The second-order valence-corrected chi connectivity index (χ2v) is 9.25. The number of carbonyl (C=O) groups is 2. The predicted molar refractivity (Wildman–Crippen MR) is 117 cm³/mol. The minimum absolute atomic E-state index is 0.00660. The second kappa shape index (κ2) is 6.90. The normalized spacial score (nSPS) is 19.5. The van der Waals surface area contributed by atoms with E-state index in [4.69, 9.17) is 0 Å². The van der Waals surface area contributed by atoms with Gasteiger partial charge in [-0.1, -0.05) is 19.9 Å². The third-order valence-electron chi connectivity index (χ3n) is 7.09. The Morgan fingerprint density at radius 1 is 1.13 bits per heavy atom. The molecule has 0 bridgehead atoms. The number of likely N-dealkylation sites (tertiary alicyclic amines) is 1. The lowest BCUT2D eigenvalue weighted by Crippen LogP contribution is -2.40. The molecule has 156 valence electrons. The highest BCUT2D eigenvalue weighted by molar-refractivity contribution is 6.33. The summed E-state index contributed by atoms with van der Waals surface area (Å²) in [7, 11) is 0. The number of ketones is 1. The molecule has 5 heteroatoms. The molecule has 0 aromatic heterocycles. The van der Waals surface area contributed by atoms with Crippen LogP contribution in [0.25, 0.3) is 5.57 Å². The Labute approximate surface area is 181 Å². The summed E-state index contributed by atoms with van der Waals surface area (Å²) in [5.41, 5.74) is 6.05. The van der Waals surface area contributed by atoms with E-state index in [2.05, 4.69) is 19.9 Å². The van der Waals surface area contributed by atoms with Gasteiger partial charge in [0.15, 0.2) is 5.78 Å². The summed E-state index contributed by atoms with van der Waals surface area (Å²) in [6, 6.07) is 13.1. The molecule has 0 saturated carbocycles. The van der Waals surface area contributed by atoms with Gasteiger partial charge in [-0.2, -0.15) is 5.26 Å². The Morgan fingerprint density at radius 3 is 2.55 bits per heavy atom. The molecule has 1 N–H and O–H groups in total. The fraction of sp³-hybridized carbons (Fsp3) is 0.346. The highest BCUT2D eigenvalue weighted by Crippen LogP contribution is 2.50. The lowest BCUT2D eigenvalue weighted by Gasteiger charge is -2.35. The molecule has 0 radical (unpaired) electrons. The third kappa shape index (κ3) is 2.94. The molecule has 2 aromatic rings. The second-order valence-electron chi connectivity index (χ2n) is 9.25. The first kappa shape index (κ1) is 19.7. The van der Waals surface area contributed by atoms with Crippen LogP contribution >= 0.6 is 0 Å². The van der Waals surface area contributed by atoms with Gasteiger partial charge in [-0.05, 0) is 71.9 Å². The van der Waals surface area contributed by atoms with Gasteiger partial charge >= 0.3 is 0 Å². The first-order valence-electron chi connectivity index (χ1n) is 10.7. The van der Waals surface area contributed by atoms with E-state index in [1.165, 1.54) is 0 Å². The molecule has 2 aromatic carbocycles. The van der Waals surface area contributed by atoms with Crippen LogP contribution in [-0.2, 0) is 11.8 Å². The van der Waals surface area contributed by atoms with Crippen LogP contribution < -0.4 is 0 Å². The van der Waals surface area contributed by atoms with Gasteiger partial charge in [-0.25, -0.2) is 0 Å². The molecule has 1 fully saturated rings. The molecule has 5 rings (SSSR count). The molecule has 5 nitrogen and oxygen atoms in total. The molecule has 0 unspecified atom stereocenters. The van der Waals surface area contributed by atoms with Crippen LogP contribution in [0.2, 0.25) is 0 Å². The standard InChI is InChI=1S/C26H24N2O3/c1-26(2)21-12-16(25(31)28-9-7-18(29)8-10-28)4-6-20(21)24(30)23-19-5-3-15(14-27)11-17(19)13-22(23)26/h3-6,11-12,18,29H,7-10,13H2,1-2H3. The van der Waals surface area contributed by atoms with E-state index < -0.39 is 5.41 Å². The van der Waals surface area contributed by atoms with Gasteiger partial charge in [0.25, 0.3) is 5.91 Å². The van der Waals surface area contributed by atoms with Crippen molar-refractivity contribution in [3.05, 3.63) is 75.4 Å². The quantitative estimate of drug-likeness (QED) is 0.775. The summed E-state index contributed by atoms with van der Waals surface area (Å²) in [5.74, 6) is -0.0565. The van der Waals surface area contributed by atoms with E-state index in [0.29, 0.717) is 49.0 Å². The zero-order chi connectivity index (χ0) is 21.9. The third-order valence-corrected chi connectivity index (χ3v) is 7.09. The number of benzene rings is 2. The Hall–Kier alpha value is -3.23. The number of aliphatic hydroxyl groups is 1. The van der Waals surface area contributed by atoms with Crippen molar-refractivity contribution in [3.63, 3.8) is 0 Å². The van der Waals surface area contributed by atoms with Gasteiger partial charge in [0.2, 0.25) is 0 Å². The molecule has 3 aliphatic rings. The van der Waals surface area contributed by atoms with Gasteiger partial charge < -0.3 is 10.0 Å². The summed E-state index contributed by atoms with van der Waals surface area (Å²) >= 11 is 0. The number of fused-ring (bicyclic) bond motifs is 3. The minimum atomic E-state index is -0.404. The van der Waals surface area contributed by atoms with Crippen molar-refractivity contribution in [2.45, 2.75) is 44.6 Å². The Bertz CT molecular complexity index is 1210. The van der Waals surface area contributed by atoms with Gasteiger partial charge in [0.05, 0.1) is 17.7 Å². The number of Topliss-reactive ketones (excluding diaryl/α,β-unsaturated/α-hetero) is 1. The molecule has 1 saturated heterocycles. The highest BCUT2D eigenvalue weighted by Gasteiger charge is 2.43. The monoisotopic (exact) mass is 412 g/mol. The minimum Gasteiger partial charge on any atom is -0.393 e. The number of amides is 1. The van der Waals surface area contributed by atoms with E-state index in [1.807, 2.05) is 18.2 Å². The number of hydrogen-bond acceptors (Lipinski definition) is 4. The van der Waals surface area contributed by atoms with Crippen molar-refractivity contribution >= 4 is 17.3 Å². The number of nitrogens with zero attached hydrogens (tertiary/aromatic N) is 2. The van der Waals surface area contributed by atoms with E-state index in [-0.39, 0.29) is 17.8 Å². The average Bonchev–Trinajstić information content (AvgIpc) is 3.17. The fourth-order valence-corrected chi connectivity index (χ4v) is 5.23. The molecular formula is C26H24N2O3. The summed E-state index contributed by atoms with van der Waals surface area (Å²) in [5, 5.41) is 19.0. The molecule has 0 atom stereocenters. The fourth-order valence-electron chi connectivity index (χ4n) is 5.23. The first-order valence-corrected chi connectivity index (χ1v) is 10.7. The van der Waals surface area contributed by atoms with Crippen molar-refractivity contribution in [1.82, 2.24) is 4.90 Å². The topological polar surface area (TPSA) is 81.4 Å². The van der Waals surface area contributed by atoms with Crippen molar-refractivity contribution in [2.24, 2.45) is 0 Å². The molecule has 1 amide bonds. The van der Waals surface area contributed by atoms with Crippen LogP contribution in [0.5, 0.6) is 0 Å². The summed E-state index contributed by atoms with van der Waals surface area (Å²) in [6.45, 7) is 5.31. The van der Waals surface area contributed by atoms with Crippen LogP contribution in [0.15, 0.2) is 42.0 Å². The van der Waals surface area contributed by atoms with Crippen molar-refractivity contribution < 1.29 is 14.7 Å². The molecule has 2 aliphatic carbocycles. The number of allylic oxidation sites excluding steroid dienone is 2. The van der Waals surface area contributed by atoms with Crippen LogP contribution in [0.4, 0.5) is 0 Å². The van der Waals surface area contributed by atoms with Crippen LogP contribution in [-0.4, -0.2) is 40.9 Å². The number of carbonyl (C=O) groups excluding carboxylic acids is 2. The van der Waals surface area contributed by atoms with Gasteiger partial charge in [0.1, 0.15) is 0 Å². The number of nitriles is 1. The van der Waals surface area contributed by atoms with E-state index >= 15 is 0 Å². The maximum Gasteiger partial charge on any atom is 0.253 e. The number of hydrogen-bond donors (Lipinski definition) is 1. The molecule has 31 heavy (non-hydrogen) atoms. The lowest BCUT2D eigenvalue weighted by atomic mass is 9.68. The zero-order valence-electron chi connectivity index (χ0n) is 17.7. The number of rotatable bonds is 1. The average molecular weight is 412 g/mol. The summed E-state index contributed by atoms with van der Waals surface area (Å²) in [6.07, 6.45) is 1.50. The molecule has 1 aliphatic heterocycles. The van der Waals surface area contributed by atoms with Crippen molar-refractivity contribution in [2.75, 3.05) is 13.1 Å². The summed E-state index contributed by atoms with van der Waals surface area (Å²) < 4.78 is 0. The zero-order valence-corrected chi connectivity index (χ0v) is 17.7. The first-order chi connectivity index (χ1) is 14.8. The van der Waals surface area contributed by atoms with Crippen LogP contribution in [0, 0.1) is 11.3 Å². The Kier molecular flexibility index (Phi) is 4.39. The molecular weight excluding hydrogens is 388 g/mol. The Morgan fingerprint density at radius 2 is 1.84 bits per heavy atom. The van der Waals surface area contributed by atoms with E-state index in [9.17, 15) is 20.0 Å². The predicted octanol–water partition coefficient (Wildman–Crippen LogP) is 3.64. The number of piperidine rings is 1. The van der Waals surface area contributed by atoms with E-state index in [0.717, 1.165) is 27.8 Å². The molecule has 0 spiro atoms. The van der Waals surface area contributed by atoms with Crippen molar-refractivity contribution in [3.8, 4) is 6.07 Å². The lowest BCUT2D eigenvalue weighted by molar-refractivity contribution is 0.0546.